The number of cyclic esters (lactones) is 1. The van der Waals surface area contributed by atoms with Crippen molar-refractivity contribution in [2.45, 2.75) is 6.61 Å². The van der Waals surface area contributed by atoms with Crippen molar-refractivity contribution in [1.82, 2.24) is 0 Å². The van der Waals surface area contributed by atoms with Gasteiger partial charge in [-0.1, -0.05) is 24.3 Å². The maximum absolute atomic E-state index is 13.8. The van der Waals surface area contributed by atoms with Gasteiger partial charge in [-0.15, -0.1) is 0 Å². The lowest BCUT2D eigenvalue weighted by Crippen LogP contribution is -2.05. The zero-order chi connectivity index (χ0) is 23.4. The Morgan fingerprint density at radius 3 is 2.55 bits per heavy atom. The molecular weight excluding hydrogens is 431 g/mol. The molecule has 166 valence electrons. The predicted molar refractivity (Wildman–Crippen MR) is 117 cm³/mol. The average molecular weight is 448 g/mol. The number of aliphatic imine (C=N–C) groups is 1. The SMILES string of the molecule is COc1cc(/C=C2\N=C(c3ccc([N+](=O)[O-])cc3)OC2=O)ccc1OCc1ccccc1F. The van der Waals surface area contributed by atoms with Crippen molar-refractivity contribution in [1.29, 1.82) is 0 Å². The second kappa shape index (κ2) is 9.31. The molecule has 1 aliphatic heterocycles. The molecule has 0 radical (unpaired) electrons. The summed E-state index contributed by atoms with van der Waals surface area (Å²) in [4.78, 5) is 26.7. The van der Waals surface area contributed by atoms with Crippen molar-refractivity contribution < 1.29 is 28.3 Å². The molecule has 0 atom stereocenters. The van der Waals surface area contributed by atoms with E-state index in [-0.39, 0.29) is 29.7 Å². The Morgan fingerprint density at radius 1 is 1.09 bits per heavy atom. The fourth-order valence-corrected chi connectivity index (χ4v) is 3.08. The number of halogens is 1. The molecule has 33 heavy (non-hydrogen) atoms. The number of benzene rings is 3. The highest BCUT2D eigenvalue weighted by Crippen LogP contribution is 2.30. The minimum atomic E-state index is -0.651. The van der Waals surface area contributed by atoms with E-state index in [1.807, 2.05) is 0 Å². The van der Waals surface area contributed by atoms with Crippen LogP contribution in [0.4, 0.5) is 10.1 Å². The van der Waals surface area contributed by atoms with Crippen molar-refractivity contribution in [2.24, 2.45) is 4.99 Å². The van der Waals surface area contributed by atoms with Crippen molar-refractivity contribution >= 4 is 23.6 Å². The molecule has 0 amide bonds. The monoisotopic (exact) mass is 448 g/mol. The molecule has 0 bridgehead atoms. The fraction of sp³-hybridized carbons (Fsp3) is 0.0833. The fourth-order valence-electron chi connectivity index (χ4n) is 3.08. The molecule has 0 N–H and O–H groups in total. The molecule has 0 aromatic heterocycles. The molecule has 3 aromatic carbocycles. The first kappa shape index (κ1) is 21.7. The van der Waals surface area contributed by atoms with Gasteiger partial charge in [0.1, 0.15) is 12.4 Å². The third kappa shape index (κ3) is 4.87. The van der Waals surface area contributed by atoms with Gasteiger partial charge in [-0.25, -0.2) is 14.2 Å². The summed E-state index contributed by atoms with van der Waals surface area (Å²) in [5.41, 5.74) is 1.43. The molecule has 9 heteroatoms. The number of non-ortho nitro benzene ring substituents is 1. The number of methoxy groups -OCH3 is 1. The average Bonchev–Trinajstić information content (AvgIpc) is 3.19. The van der Waals surface area contributed by atoms with Gasteiger partial charge < -0.3 is 14.2 Å². The molecule has 1 aliphatic rings. The molecule has 0 saturated carbocycles. The summed E-state index contributed by atoms with van der Waals surface area (Å²) in [6.07, 6.45) is 1.52. The second-order valence-corrected chi connectivity index (χ2v) is 6.93. The Bertz CT molecular complexity index is 1280. The van der Waals surface area contributed by atoms with Gasteiger partial charge in [0.15, 0.2) is 17.2 Å². The van der Waals surface area contributed by atoms with Crippen LogP contribution in [0.1, 0.15) is 16.7 Å². The first-order chi connectivity index (χ1) is 15.9. The number of esters is 1. The van der Waals surface area contributed by atoms with Gasteiger partial charge in [-0.3, -0.25) is 10.1 Å². The zero-order valence-corrected chi connectivity index (χ0v) is 17.4. The van der Waals surface area contributed by atoms with Crippen LogP contribution >= 0.6 is 0 Å². The number of carbonyl (C=O) groups is 1. The molecule has 0 unspecified atom stereocenters. The van der Waals surface area contributed by atoms with Crippen LogP contribution in [0.3, 0.4) is 0 Å². The summed E-state index contributed by atoms with van der Waals surface area (Å²) in [5.74, 6) is -0.155. The van der Waals surface area contributed by atoms with Gasteiger partial charge in [-0.05, 0) is 42.0 Å². The van der Waals surface area contributed by atoms with Crippen LogP contribution in [-0.4, -0.2) is 23.9 Å². The lowest BCUT2D eigenvalue weighted by atomic mass is 10.1. The summed E-state index contributed by atoms with van der Waals surface area (Å²) in [6, 6.07) is 16.8. The van der Waals surface area contributed by atoms with Crippen molar-refractivity contribution in [3.05, 3.63) is 105 Å². The van der Waals surface area contributed by atoms with Gasteiger partial charge in [-0.2, -0.15) is 0 Å². The second-order valence-electron chi connectivity index (χ2n) is 6.93. The first-order valence-electron chi connectivity index (χ1n) is 9.76. The molecule has 0 fully saturated rings. The standard InChI is InChI=1S/C24H17FN2O6/c1-31-22-13-15(6-11-21(22)32-14-17-4-2-3-5-19(17)25)12-20-24(28)33-23(26-20)16-7-9-18(10-8-16)27(29)30/h2-13H,14H2,1H3/b20-12-. The molecule has 8 nitrogen and oxygen atoms in total. The molecule has 0 saturated heterocycles. The number of carbonyl (C=O) groups excluding carboxylic acids is 1. The van der Waals surface area contributed by atoms with Crippen LogP contribution in [-0.2, 0) is 16.1 Å². The summed E-state index contributed by atoms with van der Waals surface area (Å²) in [5, 5.41) is 10.8. The Hall–Kier alpha value is -4.53. The number of hydrogen-bond acceptors (Lipinski definition) is 7. The molecule has 3 aromatic rings. The van der Waals surface area contributed by atoms with Crippen LogP contribution in [0.15, 0.2) is 77.4 Å². The van der Waals surface area contributed by atoms with Crippen LogP contribution in [0.5, 0.6) is 11.5 Å². The zero-order valence-electron chi connectivity index (χ0n) is 17.4. The van der Waals surface area contributed by atoms with Gasteiger partial charge in [0, 0.05) is 23.3 Å². The molecule has 0 aliphatic carbocycles. The topological polar surface area (TPSA) is 100 Å². The molecule has 0 spiro atoms. The largest absolute Gasteiger partial charge is 0.493 e. The van der Waals surface area contributed by atoms with E-state index >= 15 is 0 Å². The van der Waals surface area contributed by atoms with E-state index < -0.39 is 10.9 Å². The van der Waals surface area contributed by atoms with Crippen LogP contribution in [0.2, 0.25) is 0 Å². The normalized spacial score (nSPS) is 14.1. The number of nitro benzene ring substituents is 1. The van der Waals surface area contributed by atoms with E-state index in [1.165, 1.54) is 43.5 Å². The van der Waals surface area contributed by atoms with Gasteiger partial charge in [0.05, 0.1) is 12.0 Å². The molecular formula is C24H17FN2O6. The smallest absolute Gasteiger partial charge is 0.363 e. The van der Waals surface area contributed by atoms with E-state index in [0.29, 0.717) is 28.2 Å². The van der Waals surface area contributed by atoms with Crippen LogP contribution in [0.25, 0.3) is 6.08 Å². The number of hydrogen-bond donors (Lipinski definition) is 0. The summed E-state index contributed by atoms with van der Waals surface area (Å²) in [7, 11) is 1.47. The summed E-state index contributed by atoms with van der Waals surface area (Å²) >= 11 is 0. The third-order valence-electron chi connectivity index (χ3n) is 4.78. The highest BCUT2D eigenvalue weighted by Gasteiger charge is 2.24. The maximum Gasteiger partial charge on any atom is 0.363 e. The van der Waals surface area contributed by atoms with Gasteiger partial charge in [0.2, 0.25) is 5.90 Å². The van der Waals surface area contributed by atoms with Crippen molar-refractivity contribution in [2.75, 3.05) is 7.11 Å². The minimum Gasteiger partial charge on any atom is -0.493 e. The van der Waals surface area contributed by atoms with E-state index in [2.05, 4.69) is 4.99 Å². The predicted octanol–water partition coefficient (Wildman–Crippen LogP) is 4.67. The number of nitro groups is 1. The van der Waals surface area contributed by atoms with Crippen LogP contribution in [0, 0.1) is 15.9 Å². The van der Waals surface area contributed by atoms with E-state index in [0.717, 1.165) is 0 Å². The lowest BCUT2D eigenvalue weighted by Gasteiger charge is -2.12. The molecule has 4 rings (SSSR count). The maximum atomic E-state index is 13.8. The Balaban J connectivity index is 1.53. The van der Waals surface area contributed by atoms with Gasteiger partial charge >= 0.3 is 5.97 Å². The molecule has 1 heterocycles. The van der Waals surface area contributed by atoms with Crippen molar-refractivity contribution in [3.63, 3.8) is 0 Å². The number of rotatable bonds is 7. The summed E-state index contributed by atoms with van der Waals surface area (Å²) in [6.45, 7) is 0.0265. The lowest BCUT2D eigenvalue weighted by molar-refractivity contribution is -0.384. The number of ether oxygens (including phenoxy) is 3. The highest BCUT2D eigenvalue weighted by atomic mass is 19.1. The Kier molecular flexibility index (Phi) is 6.12. The van der Waals surface area contributed by atoms with E-state index in [4.69, 9.17) is 14.2 Å². The number of nitrogens with zero attached hydrogens (tertiary/aromatic N) is 2. The van der Waals surface area contributed by atoms with Crippen molar-refractivity contribution in [3.8, 4) is 11.5 Å². The first-order valence-corrected chi connectivity index (χ1v) is 9.76. The van der Waals surface area contributed by atoms with E-state index in [9.17, 15) is 19.3 Å². The van der Waals surface area contributed by atoms with Crippen LogP contribution < -0.4 is 9.47 Å². The Morgan fingerprint density at radius 2 is 1.85 bits per heavy atom. The Labute approximate surface area is 187 Å². The van der Waals surface area contributed by atoms with E-state index in [1.54, 1.807) is 36.4 Å². The van der Waals surface area contributed by atoms with Gasteiger partial charge in [0.25, 0.3) is 5.69 Å². The quantitative estimate of drug-likeness (QED) is 0.225. The third-order valence-corrected chi connectivity index (χ3v) is 4.78. The minimum absolute atomic E-state index is 0.0265. The summed E-state index contributed by atoms with van der Waals surface area (Å²) < 4.78 is 30.1. The highest BCUT2D eigenvalue weighted by molar-refractivity contribution is 6.12.